The lowest BCUT2D eigenvalue weighted by molar-refractivity contribution is 0.100. The Morgan fingerprint density at radius 1 is 0.812 bits per heavy atom. The zero-order valence-electron chi connectivity index (χ0n) is 8.59. The zero-order chi connectivity index (χ0) is 10.7. The summed E-state index contributed by atoms with van der Waals surface area (Å²) in [6.07, 6.45) is 0. The van der Waals surface area contributed by atoms with E-state index >= 15 is 0 Å². The standard InChI is InChI=1S/C13H11NO.HI/c14-13(15)12-8-6-11(7-9-12)10-4-2-1-3-5-10;/h1-9H,(H2,14,15);1H. The van der Waals surface area contributed by atoms with Gasteiger partial charge in [0.05, 0.1) is 0 Å². The van der Waals surface area contributed by atoms with Crippen molar-refractivity contribution in [2.75, 3.05) is 0 Å². The Labute approximate surface area is 111 Å². The molecule has 0 aliphatic heterocycles. The largest absolute Gasteiger partial charge is 0.366 e. The van der Waals surface area contributed by atoms with E-state index in [4.69, 9.17) is 5.73 Å². The molecule has 1 amide bonds. The van der Waals surface area contributed by atoms with Gasteiger partial charge in [-0.2, -0.15) is 0 Å². The molecule has 2 aromatic rings. The summed E-state index contributed by atoms with van der Waals surface area (Å²) in [5.41, 5.74) is 7.92. The molecular formula is C13H12INO. The van der Waals surface area contributed by atoms with Crippen molar-refractivity contribution in [1.82, 2.24) is 0 Å². The first-order chi connectivity index (χ1) is 7.27. The topological polar surface area (TPSA) is 43.1 Å². The summed E-state index contributed by atoms with van der Waals surface area (Å²) in [5.74, 6) is -0.394. The number of hydrogen-bond donors (Lipinski definition) is 1. The van der Waals surface area contributed by atoms with Gasteiger partial charge in [-0.05, 0) is 23.3 Å². The smallest absolute Gasteiger partial charge is 0.248 e. The molecule has 0 aliphatic rings. The first-order valence-electron chi connectivity index (χ1n) is 4.72. The summed E-state index contributed by atoms with van der Waals surface area (Å²) < 4.78 is 0. The first kappa shape index (κ1) is 12.7. The van der Waals surface area contributed by atoms with Crippen molar-refractivity contribution in [1.29, 1.82) is 0 Å². The van der Waals surface area contributed by atoms with Crippen LogP contribution < -0.4 is 5.73 Å². The number of benzene rings is 2. The lowest BCUT2D eigenvalue weighted by Crippen LogP contribution is -2.10. The summed E-state index contributed by atoms with van der Waals surface area (Å²) in [6, 6.07) is 17.3. The van der Waals surface area contributed by atoms with E-state index in [1.165, 1.54) is 0 Å². The van der Waals surface area contributed by atoms with Gasteiger partial charge in [-0.25, -0.2) is 0 Å². The normalized spacial score (nSPS) is 9.25. The van der Waals surface area contributed by atoms with Crippen LogP contribution in [0.2, 0.25) is 0 Å². The molecule has 2 rings (SSSR count). The summed E-state index contributed by atoms with van der Waals surface area (Å²) in [5, 5.41) is 0. The quantitative estimate of drug-likeness (QED) is 0.848. The third-order valence-electron chi connectivity index (χ3n) is 2.28. The van der Waals surface area contributed by atoms with Crippen LogP contribution in [0.5, 0.6) is 0 Å². The van der Waals surface area contributed by atoms with E-state index in [2.05, 4.69) is 0 Å². The number of halogens is 1. The van der Waals surface area contributed by atoms with Crippen molar-refractivity contribution in [3.8, 4) is 11.1 Å². The number of nitrogens with two attached hydrogens (primary N) is 1. The Bertz CT molecular complexity index is 465. The highest BCUT2D eigenvalue weighted by atomic mass is 127. The molecule has 0 atom stereocenters. The van der Waals surface area contributed by atoms with Gasteiger partial charge in [0.2, 0.25) is 5.91 Å². The van der Waals surface area contributed by atoms with Crippen molar-refractivity contribution in [3.63, 3.8) is 0 Å². The highest BCUT2D eigenvalue weighted by molar-refractivity contribution is 14.0. The van der Waals surface area contributed by atoms with Crippen molar-refractivity contribution < 1.29 is 4.79 Å². The van der Waals surface area contributed by atoms with E-state index < -0.39 is 5.91 Å². The van der Waals surface area contributed by atoms with Crippen LogP contribution in [0.3, 0.4) is 0 Å². The molecule has 16 heavy (non-hydrogen) atoms. The molecule has 0 radical (unpaired) electrons. The highest BCUT2D eigenvalue weighted by Crippen LogP contribution is 2.18. The van der Waals surface area contributed by atoms with Gasteiger partial charge in [-0.15, -0.1) is 24.0 Å². The van der Waals surface area contributed by atoms with E-state index in [0.29, 0.717) is 5.56 Å². The van der Waals surface area contributed by atoms with Crippen LogP contribution in [0.4, 0.5) is 0 Å². The number of carbonyl (C=O) groups is 1. The van der Waals surface area contributed by atoms with Gasteiger partial charge in [0.15, 0.2) is 0 Å². The van der Waals surface area contributed by atoms with Gasteiger partial charge in [0.1, 0.15) is 0 Å². The molecule has 0 spiro atoms. The molecule has 0 bridgehead atoms. The number of carbonyl (C=O) groups excluding carboxylic acids is 1. The lowest BCUT2D eigenvalue weighted by Gasteiger charge is -2.01. The molecule has 0 saturated carbocycles. The molecule has 2 nitrogen and oxygen atoms in total. The Kier molecular flexibility index (Phi) is 4.49. The third-order valence-corrected chi connectivity index (χ3v) is 2.28. The second-order valence-corrected chi connectivity index (χ2v) is 3.31. The van der Waals surface area contributed by atoms with Crippen molar-refractivity contribution in [2.45, 2.75) is 0 Å². The van der Waals surface area contributed by atoms with Gasteiger partial charge < -0.3 is 5.73 Å². The fourth-order valence-corrected chi connectivity index (χ4v) is 1.46. The zero-order valence-corrected chi connectivity index (χ0v) is 10.9. The minimum absolute atomic E-state index is 0. The molecule has 0 unspecified atom stereocenters. The van der Waals surface area contributed by atoms with Crippen LogP contribution >= 0.6 is 24.0 Å². The molecule has 2 N–H and O–H groups in total. The van der Waals surface area contributed by atoms with E-state index in [9.17, 15) is 4.79 Å². The number of hydrogen-bond acceptors (Lipinski definition) is 1. The fraction of sp³-hybridized carbons (Fsp3) is 0. The predicted molar refractivity (Wildman–Crippen MR) is 75.8 cm³/mol. The van der Waals surface area contributed by atoms with Gasteiger partial charge in [-0.1, -0.05) is 42.5 Å². The average Bonchev–Trinajstić information content (AvgIpc) is 2.30. The molecule has 0 saturated heterocycles. The molecule has 0 aliphatic carbocycles. The Morgan fingerprint density at radius 2 is 1.31 bits per heavy atom. The van der Waals surface area contributed by atoms with E-state index in [1.54, 1.807) is 12.1 Å². The summed E-state index contributed by atoms with van der Waals surface area (Å²) in [6.45, 7) is 0. The summed E-state index contributed by atoms with van der Waals surface area (Å²) >= 11 is 0. The van der Waals surface area contributed by atoms with Crippen LogP contribution in [0.15, 0.2) is 54.6 Å². The summed E-state index contributed by atoms with van der Waals surface area (Å²) in [4.78, 5) is 10.9. The maximum atomic E-state index is 10.9. The van der Waals surface area contributed by atoms with Crippen molar-refractivity contribution >= 4 is 29.9 Å². The van der Waals surface area contributed by atoms with Gasteiger partial charge in [-0.3, -0.25) is 4.79 Å². The van der Waals surface area contributed by atoms with Crippen LogP contribution in [0.1, 0.15) is 10.4 Å². The molecular weight excluding hydrogens is 313 g/mol. The second kappa shape index (κ2) is 5.65. The number of amides is 1. The Morgan fingerprint density at radius 3 is 1.81 bits per heavy atom. The van der Waals surface area contributed by atoms with Crippen LogP contribution in [0.25, 0.3) is 11.1 Å². The minimum Gasteiger partial charge on any atom is -0.366 e. The molecule has 0 aromatic heterocycles. The van der Waals surface area contributed by atoms with Gasteiger partial charge in [0, 0.05) is 5.56 Å². The first-order valence-corrected chi connectivity index (χ1v) is 4.72. The highest BCUT2D eigenvalue weighted by Gasteiger charge is 2.00. The monoisotopic (exact) mass is 325 g/mol. The van der Waals surface area contributed by atoms with Crippen LogP contribution in [-0.4, -0.2) is 5.91 Å². The predicted octanol–water partition coefficient (Wildman–Crippen LogP) is 3.07. The minimum atomic E-state index is -0.394. The molecule has 0 heterocycles. The third kappa shape index (κ3) is 2.82. The van der Waals surface area contributed by atoms with Crippen LogP contribution in [-0.2, 0) is 0 Å². The maximum Gasteiger partial charge on any atom is 0.248 e. The SMILES string of the molecule is I.NC(=O)c1ccc(-c2ccccc2)cc1. The second-order valence-electron chi connectivity index (χ2n) is 3.31. The van der Waals surface area contributed by atoms with Crippen molar-refractivity contribution in [2.24, 2.45) is 5.73 Å². The lowest BCUT2D eigenvalue weighted by atomic mass is 10.0. The van der Waals surface area contributed by atoms with Crippen LogP contribution in [0, 0.1) is 0 Å². The average molecular weight is 325 g/mol. The molecule has 82 valence electrons. The molecule has 3 heteroatoms. The molecule has 2 aromatic carbocycles. The summed E-state index contributed by atoms with van der Waals surface area (Å²) in [7, 11) is 0. The molecule has 0 fully saturated rings. The van der Waals surface area contributed by atoms with Crippen molar-refractivity contribution in [3.05, 3.63) is 60.2 Å². The van der Waals surface area contributed by atoms with E-state index in [1.807, 2.05) is 42.5 Å². The Balaban J connectivity index is 0.00000128. The fourth-order valence-electron chi connectivity index (χ4n) is 1.46. The van der Waals surface area contributed by atoms with E-state index in [-0.39, 0.29) is 24.0 Å². The maximum absolute atomic E-state index is 10.9. The Hall–Kier alpha value is -1.36. The number of rotatable bonds is 2. The number of primary amides is 1. The van der Waals surface area contributed by atoms with Gasteiger partial charge in [0.25, 0.3) is 0 Å². The van der Waals surface area contributed by atoms with E-state index in [0.717, 1.165) is 11.1 Å². The van der Waals surface area contributed by atoms with Gasteiger partial charge >= 0.3 is 0 Å².